The molecule has 0 radical (unpaired) electrons. The highest BCUT2D eigenvalue weighted by atomic mass is 35.5. The Morgan fingerprint density at radius 2 is 2.07 bits per heavy atom. The third kappa shape index (κ3) is 2.63. The molecule has 0 fully saturated rings. The molecule has 0 bridgehead atoms. The van der Waals surface area contributed by atoms with E-state index in [0.717, 1.165) is 0 Å². The predicted octanol–water partition coefficient (Wildman–Crippen LogP) is 0.653. The Balaban J connectivity index is 3.17. The number of carbonyl (C=O) groups is 1. The Kier molecular flexibility index (Phi) is 3.99. The summed E-state index contributed by atoms with van der Waals surface area (Å²) in [4.78, 5) is 23.4. The zero-order valence-corrected chi connectivity index (χ0v) is 8.85. The minimum Gasteiger partial charge on any atom is -0.464 e. The summed E-state index contributed by atoms with van der Waals surface area (Å²) >= 11 is 5.74. The van der Waals surface area contributed by atoms with E-state index in [0.29, 0.717) is 0 Å². The molecule has 1 rings (SSSR count). The molecule has 0 aliphatic carbocycles. The van der Waals surface area contributed by atoms with Crippen LogP contribution in [0.4, 0.5) is 0 Å². The number of hydrogen-bond acceptors (Lipinski definition) is 6. The number of carbonyl (C=O) groups excluding carboxylic acids is 1. The summed E-state index contributed by atoms with van der Waals surface area (Å²) in [6.45, 7) is 0. The molecule has 0 atom stereocenters. The first kappa shape index (κ1) is 11.4. The van der Waals surface area contributed by atoms with Crippen LogP contribution >= 0.6 is 11.6 Å². The van der Waals surface area contributed by atoms with Crippen LogP contribution in [-0.2, 0) is 14.4 Å². The van der Waals surface area contributed by atoms with Crippen LogP contribution in [0.25, 0.3) is 0 Å². The molecule has 0 amide bonds. The minimum absolute atomic E-state index is 0.0544. The van der Waals surface area contributed by atoms with Gasteiger partial charge in [0.25, 0.3) is 0 Å². The average Bonchev–Trinajstić information content (AvgIpc) is 2.26. The highest BCUT2D eigenvalue weighted by molar-refractivity contribution is 6.46. The van der Waals surface area contributed by atoms with Crippen LogP contribution in [0, 0.1) is 0 Å². The van der Waals surface area contributed by atoms with Crippen molar-refractivity contribution in [3.8, 4) is 0 Å². The van der Waals surface area contributed by atoms with Gasteiger partial charge in [-0.2, -0.15) is 0 Å². The average molecular weight is 230 g/mol. The second-order valence-corrected chi connectivity index (χ2v) is 2.67. The number of halogens is 1. The number of hydrogen-bond donors (Lipinski definition) is 0. The molecule has 0 saturated carbocycles. The summed E-state index contributed by atoms with van der Waals surface area (Å²) in [5, 5.41) is 3.54. The highest BCUT2D eigenvalue weighted by Crippen LogP contribution is 2.10. The molecule has 80 valence electrons. The molecule has 0 unspecified atom stereocenters. The SMILES string of the molecule is CON=C(C(=O)OC)c1nccnc1Cl. The van der Waals surface area contributed by atoms with Crippen LogP contribution in [0.1, 0.15) is 5.69 Å². The lowest BCUT2D eigenvalue weighted by atomic mass is 10.3. The molecule has 1 heterocycles. The maximum Gasteiger partial charge on any atom is 0.362 e. The molecule has 0 aliphatic rings. The van der Waals surface area contributed by atoms with Gasteiger partial charge < -0.3 is 9.57 Å². The van der Waals surface area contributed by atoms with E-state index < -0.39 is 5.97 Å². The van der Waals surface area contributed by atoms with Gasteiger partial charge in [0, 0.05) is 12.4 Å². The van der Waals surface area contributed by atoms with Gasteiger partial charge in [-0.25, -0.2) is 14.8 Å². The van der Waals surface area contributed by atoms with Gasteiger partial charge >= 0.3 is 5.97 Å². The Morgan fingerprint density at radius 1 is 1.40 bits per heavy atom. The zero-order chi connectivity index (χ0) is 11.3. The molecule has 15 heavy (non-hydrogen) atoms. The molecular weight excluding hydrogens is 222 g/mol. The van der Waals surface area contributed by atoms with E-state index in [9.17, 15) is 4.79 Å². The Hall–Kier alpha value is -1.69. The lowest BCUT2D eigenvalue weighted by Crippen LogP contribution is -2.19. The van der Waals surface area contributed by atoms with Gasteiger partial charge in [-0.15, -0.1) is 0 Å². The normalized spacial score (nSPS) is 11.0. The molecular formula is C8H8ClN3O3. The Bertz CT molecular complexity index is 394. The maximum absolute atomic E-state index is 11.3. The number of nitrogens with zero attached hydrogens (tertiary/aromatic N) is 3. The largest absolute Gasteiger partial charge is 0.464 e. The first-order valence-electron chi connectivity index (χ1n) is 3.87. The molecule has 1 aromatic heterocycles. The summed E-state index contributed by atoms with van der Waals surface area (Å²) in [5.41, 5.74) is -0.00836. The maximum atomic E-state index is 11.3. The van der Waals surface area contributed by atoms with Gasteiger partial charge in [0.05, 0.1) is 7.11 Å². The van der Waals surface area contributed by atoms with Crippen molar-refractivity contribution in [1.82, 2.24) is 9.97 Å². The van der Waals surface area contributed by atoms with Crippen molar-refractivity contribution >= 4 is 23.3 Å². The number of oxime groups is 1. The molecule has 6 nitrogen and oxygen atoms in total. The van der Waals surface area contributed by atoms with E-state index in [-0.39, 0.29) is 16.6 Å². The van der Waals surface area contributed by atoms with Crippen LogP contribution < -0.4 is 0 Å². The number of aromatic nitrogens is 2. The van der Waals surface area contributed by atoms with Crippen LogP contribution in [0.3, 0.4) is 0 Å². The predicted molar refractivity (Wildman–Crippen MR) is 52.6 cm³/mol. The van der Waals surface area contributed by atoms with Crippen molar-refractivity contribution in [1.29, 1.82) is 0 Å². The summed E-state index contributed by atoms with van der Waals surface area (Å²) in [6.07, 6.45) is 2.78. The monoisotopic (exact) mass is 229 g/mol. The third-order valence-corrected chi connectivity index (χ3v) is 1.72. The summed E-state index contributed by atoms with van der Waals surface area (Å²) in [6, 6.07) is 0. The highest BCUT2D eigenvalue weighted by Gasteiger charge is 2.20. The summed E-state index contributed by atoms with van der Waals surface area (Å²) in [5.74, 6) is -0.695. The van der Waals surface area contributed by atoms with Gasteiger partial charge in [0.2, 0.25) is 5.71 Å². The van der Waals surface area contributed by atoms with E-state index in [2.05, 4.69) is 24.7 Å². The van der Waals surface area contributed by atoms with Gasteiger partial charge in [0.1, 0.15) is 12.8 Å². The van der Waals surface area contributed by atoms with Crippen molar-refractivity contribution < 1.29 is 14.4 Å². The molecule has 1 aromatic rings. The first-order valence-corrected chi connectivity index (χ1v) is 4.24. The molecule has 0 saturated heterocycles. The molecule has 0 N–H and O–H groups in total. The van der Waals surface area contributed by atoms with Gasteiger partial charge in [-0.3, -0.25) is 0 Å². The number of esters is 1. The van der Waals surface area contributed by atoms with Crippen molar-refractivity contribution in [2.24, 2.45) is 5.16 Å². The van der Waals surface area contributed by atoms with Crippen molar-refractivity contribution in [2.75, 3.05) is 14.2 Å². The summed E-state index contributed by atoms with van der Waals surface area (Å²) < 4.78 is 4.50. The molecule has 7 heteroatoms. The standard InChI is InChI=1S/C8H8ClN3O3/c1-14-8(13)6(12-15-2)5-7(9)11-4-3-10-5/h3-4H,1-2H3. The van der Waals surface area contributed by atoms with Gasteiger partial charge in [0.15, 0.2) is 5.15 Å². The second-order valence-electron chi connectivity index (χ2n) is 2.31. The molecule has 0 aliphatic heterocycles. The smallest absolute Gasteiger partial charge is 0.362 e. The van der Waals surface area contributed by atoms with Crippen molar-refractivity contribution in [3.63, 3.8) is 0 Å². The lowest BCUT2D eigenvalue weighted by molar-refractivity contribution is -0.132. The van der Waals surface area contributed by atoms with E-state index in [1.165, 1.54) is 26.6 Å². The number of methoxy groups -OCH3 is 1. The van der Waals surface area contributed by atoms with E-state index >= 15 is 0 Å². The topological polar surface area (TPSA) is 73.7 Å². The van der Waals surface area contributed by atoms with Crippen LogP contribution in [0.15, 0.2) is 17.5 Å². The minimum atomic E-state index is -0.695. The Labute approximate surface area is 90.9 Å². The molecule has 0 spiro atoms. The Morgan fingerprint density at radius 3 is 2.60 bits per heavy atom. The fourth-order valence-electron chi connectivity index (χ4n) is 0.845. The van der Waals surface area contributed by atoms with Gasteiger partial charge in [-0.1, -0.05) is 16.8 Å². The van der Waals surface area contributed by atoms with Crippen LogP contribution in [-0.4, -0.2) is 35.9 Å². The lowest BCUT2D eigenvalue weighted by Gasteiger charge is -2.03. The first-order chi connectivity index (χ1) is 7.20. The quantitative estimate of drug-likeness (QED) is 0.432. The van der Waals surface area contributed by atoms with Crippen LogP contribution in [0.5, 0.6) is 0 Å². The fraction of sp³-hybridized carbons (Fsp3) is 0.250. The van der Waals surface area contributed by atoms with Crippen molar-refractivity contribution in [3.05, 3.63) is 23.2 Å². The number of ether oxygens (including phenoxy) is 1. The fourth-order valence-corrected chi connectivity index (χ4v) is 1.04. The van der Waals surface area contributed by atoms with E-state index in [1.807, 2.05) is 0 Å². The van der Waals surface area contributed by atoms with E-state index in [4.69, 9.17) is 11.6 Å². The third-order valence-electron chi connectivity index (χ3n) is 1.44. The summed E-state index contributed by atoms with van der Waals surface area (Å²) in [7, 11) is 2.52. The van der Waals surface area contributed by atoms with E-state index in [1.54, 1.807) is 0 Å². The zero-order valence-electron chi connectivity index (χ0n) is 8.10. The van der Waals surface area contributed by atoms with Gasteiger partial charge in [-0.05, 0) is 0 Å². The molecule has 0 aromatic carbocycles. The number of rotatable bonds is 3. The van der Waals surface area contributed by atoms with Crippen molar-refractivity contribution in [2.45, 2.75) is 0 Å². The second kappa shape index (κ2) is 5.26. The van der Waals surface area contributed by atoms with Crippen LogP contribution in [0.2, 0.25) is 5.15 Å².